The van der Waals surface area contributed by atoms with Crippen LogP contribution < -0.4 is 5.76 Å². The average molecular weight is 380 g/mol. The van der Waals surface area contributed by atoms with Crippen molar-refractivity contribution in [2.24, 2.45) is 0 Å². The van der Waals surface area contributed by atoms with E-state index >= 15 is 0 Å². The van der Waals surface area contributed by atoms with E-state index in [0.29, 0.717) is 38.2 Å². The first kappa shape index (κ1) is 18.5. The number of rotatable bonds is 6. The summed E-state index contributed by atoms with van der Waals surface area (Å²) in [5.74, 6) is -0.347. The minimum Gasteiger partial charge on any atom is -0.408 e. The zero-order chi connectivity index (χ0) is 19.3. The summed E-state index contributed by atoms with van der Waals surface area (Å²) < 4.78 is 12.7. The standard InChI is InChI=1S/C22H24N2O4/c25-21(12-15-24-19-8-4-5-9-20(19)28-22(24)26)23-13-10-18(11-14-23)27-16-17-6-2-1-3-7-17/h1-9,18H,10-16H2. The highest BCUT2D eigenvalue weighted by atomic mass is 16.5. The highest BCUT2D eigenvalue weighted by Gasteiger charge is 2.23. The van der Waals surface area contributed by atoms with Gasteiger partial charge in [-0.3, -0.25) is 9.36 Å². The zero-order valence-electron chi connectivity index (χ0n) is 15.8. The third-order valence-electron chi connectivity index (χ3n) is 5.25. The van der Waals surface area contributed by atoms with Crippen molar-refractivity contribution in [1.82, 2.24) is 9.47 Å². The minimum absolute atomic E-state index is 0.0682. The second kappa shape index (κ2) is 8.44. The molecule has 1 aliphatic rings. The number of aromatic nitrogens is 1. The van der Waals surface area contributed by atoms with Crippen LogP contribution in [0.5, 0.6) is 0 Å². The Morgan fingerprint density at radius 3 is 2.54 bits per heavy atom. The quantitative estimate of drug-likeness (QED) is 0.659. The van der Waals surface area contributed by atoms with Crippen molar-refractivity contribution in [2.45, 2.75) is 38.5 Å². The number of nitrogens with zero attached hydrogens (tertiary/aromatic N) is 2. The molecule has 146 valence electrons. The maximum Gasteiger partial charge on any atom is 0.419 e. The van der Waals surface area contributed by atoms with Crippen LogP contribution in [0.25, 0.3) is 11.1 Å². The predicted octanol–water partition coefficient (Wildman–Crippen LogP) is 3.19. The topological polar surface area (TPSA) is 64.7 Å². The van der Waals surface area contributed by atoms with Gasteiger partial charge in [0.25, 0.3) is 0 Å². The van der Waals surface area contributed by atoms with Crippen LogP contribution in [0, 0.1) is 0 Å². The van der Waals surface area contributed by atoms with Crippen LogP contribution >= 0.6 is 0 Å². The van der Waals surface area contributed by atoms with Gasteiger partial charge in [0.2, 0.25) is 5.91 Å². The molecule has 2 heterocycles. The lowest BCUT2D eigenvalue weighted by atomic mass is 10.1. The molecule has 1 amide bonds. The van der Waals surface area contributed by atoms with Crippen molar-refractivity contribution in [3.8, 4) is 0 Å². The number of amides is 1. The number of benzene rings is 2. The number of likely N-dealkylation sites (tertiary alicyclic amines) is 1. The number of carbonyl (C=O) groups excluding carboxylic acids is 1. The molecule has 3 aromatic rings. The van der Waals surface area contributed by atoms with Gasteiger partial charge in [-0.25, -0.2) is 4.79 Å². The van der Waals surface area contributed by atoms with Crippen molar-refractivity contribution in [2.75, 3.05) is 13.1 Å². The van der Waals surface area contributed by atoms with E-state index in [4.69, 9.17) is 9.15 Å². The number of carbonyl (C=O) groups is 1. The summed E-state index contributed by atoms with van der Waals surface area (Å²) in [7, 11) is 0. The van der Waals surface area contributed by atoms with Crippen LogP contribution in [-0.2, 0) is 22.7 Å². The smallest absolute Gasteiger partial charge is 0.408 e. The van der Waals surface area contributed by atoms with Gasteiger partial charge in [-0.2, -0.15) is 0 Å². The summed E-state index contributed by atoms with van der Waals surface area (Å²) in [5, 5.41) is 0. The number of ether oxygens (including phenoxy) is 1. The molecule has 1 saturated heterocycles. The van der Waals surface area contributed by atoms with Crippen LogP contribution in [-0.4, -0.2) is 34.6 Å². The minimum atomic E-state index is -0.415. The van der Waals surface area contributed by atoms with Crippen molar-refractivity contribution < 1.29 is 13.9 Å². The Morgan fingerprint density at radius 2 is 1.75 bits per heavy atom. The fraction of sp³-hybridized carbons (Fsp3) is 0.364. The number of para-hydroxylation sites is 2. The van der Waals surface area contributed by atoms with Crippen LogP contribution in [0.3, 0.4) is 0 Å². The molecule has 0 bridgehead atoms. The van der Waals surface area contributed by atoms with Gasteiger partial charge in [0.1, 0.15) is 0 Å². The van der Waals surface area contributed by atoms with Crippen LogP contribution in [0.15, 0.2) is 63.8 Å². The van der Waals surface area contributed by atoms with Crippen LogP contribution in [0.4, 0.5) is 0 Å². The molecule has 0 aliphatic carbocycles. The fourth-order valence-corrected chi connectivity index (χ4v) is 3.65. The van der Waals surface area contributed by atoms with Gasteiger partial charge in [0.05, 0.1) is 18.2 Å². The molecule has 0 atom stereocenters. The summed E-state index contributed by atoms with van der Waals surface area (Å²) in [6, 6.07) is 17.4. The molecular formula is C22H24N2O4. The second-order valence-electron chi connectivity index (χ2n) is 7.11. The molecule has 1 aromatic heterocycles. The van der Waals surface area contributed by atoms with Gasteiger partial charge in [-0.1, -0.05) is 42.5 Å². The number of aryl methyl sites for hydroxylation is 1. The summed E-state index contributed by atoms with van der Waals surface area (Å²) >= 11 is 0. The van der Waals surface area contributed by atoms with E-state index in [2.05, 4.69) is 12.1 Å². The number of hydrogen-bond donors (Lipinski definition) is 0. The van der Waals surface area contributed by atoms with E-state index in [1.807, 2.05) is 41.3 Å². The van der Waals surface area contributed by atoms with Gasteiger partial charge < -0.3 is 14.1 Å². The third kappa shape index (κ3) is 4.17. The first-order valence-electron chi connectivity index (χ1n) is 9.72. The molecule has 6 nitrogen and oxygen atoms in total. The summed E-state index contributed by atoms with van der Waals surface area (Å²) in [6.07, 6.45) is 2.16. The predicted molar refractivity (Wildman–Crippen MR) is 106 cm³/mol. The summed E-state index contributed by atoms with van der Waals surface area (Å²) in [5.41, 5.74) is 2.45. The number of oxazole rings is 1. The van der Waals surface area contributed by atoms with Gasteiger partial charge >= 0.3 is 5.76 Å². The Balaban J connectivity index is 1.26. The molecule has 28 heavy (non-hydrogen) atoms. The van der Waals surface area contributed by atoms with Crippen molar-refractivity contribution in [3.05, 3.63) is 70.7 Å². The Hall–Kier alpha value is -2.86. The first-order valence-corrected chi connectivity index (χ1v) is 9.72. The van der Waals surface area contributed by atoms with Gasteiger partial charge in [0.15, 0.2) is 5.58 Å². The van der Waals surface area contributed by atoms with Crippen molar-refractivity contribution >= 4 is 17.0 Å². The molecule has 0 spiro atoms. The lowest BCUT2D eigenvalue weighted by molar-refractivity contribution is -0.134. The van der Waals surface area contributed by atoms with Gasteiger partial charge in [-0.15, -0.1) is 0 Å². The Kier molecular flexibility index (Phi) is 5.58. The first-order chi connectivity index (χ1) is 13.7. The summed E-state index contributed by atoms with van der Waals surface area (Å²) in [4.78, 5) is 26.5. The van der Waals surface area contributed by atoms with Crippen LogP contribution in [0.1, 0.15) is 24.8 Å². The summed E-state index contributed by atoms with van der Waals surface area (Å²) in [6.45, 7) is 2.33. The van der Waals surface area contributed by atoms with E-state index in [1.165, 1.54) is 10.1 Å². The molecule has 2 aromatic carbocycles. The molecule has 1 fully saturated rings. The second-order valence-corrected chi connectivity index (χ2v) is 7.11. The highest BCUT2D eigenvalue weighted by molar-refractivity contribution is 5.77. The maximum atomic E-state index is 12.6. The maximum absolute atomic E-state index is 12.6. The number of hydrogen-bond acceptors (Lipinski definition) is 4. The van der Waals surface area contributed by atoms with E-state index in [-0.39, 0.29) is 12.0 Å². The van der Waals surface area contributed by atoms with Gasteiger partial charge in [-0.05, 0) is 30.5 Å². The van der Waals surface area contributed by atoms with Crippen LogP contribution in [0.2, 0.25) is 0 Å². The lowest BCUT2D eigenvalue weighted by Crippen LogP contribution is -2.41. The highest BCUT2D eigenvalue weighted by Crippen LogP contribution is 2.17. The van der Waals surface area contributed by atoms with E-state index in [9.17, 15) is 9.59 Å². The average Bonchev–Trinajstić information content (AvgIpc) is 3.06. The molecule has 0 radical (unpaired) electrons. The van der Waals surface area contributed by atoms with Gasteiger partial charge in [0, 0.05) is 26.1 Å². The molecule has 6 heteroatoms. The normalized spacial score (nSPS) is 15.2. The molecule has 1 aliphatic heterocycles. The van der Waals surface area contributed by atoms with Crippen molar-refractivity contribution in [1.29, 1.82) is 0 Å². The van der Waals surface area contributed by atoms with E-state index < -0.39 is 5.76 Å². The van der Waals surface area contributed by atoms with Crippen molar-refractivity contribution in [3.63, 3.8) is 0 Å². The molecule has 4 rings (SSSR count). The third-order valence-corrected chi connectivity index (χ3v) is 5.25. The SMILES string of the molecule is O=C(CCn1c(=O)oc2ccccc21)N1CCC(OCc2ccccc2)CC1. The number of piperidine rings is 1. The Bertz CT molecular complexity index is 984. The lowest BCUT2D eigenvalue weighted by Gasteiger charge is -2.32. The zero-order valence-corrected chi connectivity index (χ0v) is 15.8. The van der Waals surface area contributed by atoms with E-state index in [0.717, 1.165) is 18.4 Å². The monoisotopic (exact) mass is 380 g/mol. The molecular weight excluding hydrogens is 356 g/mol. The largest absolute Gasteiger partial charge is 0.419 e. The fourth-order valence-electron chi connectivity index (χ4n) is 3.65. The number of fused-ring (bicyclic) bond motifs is 1. The Labute approximate surface area is 163 Å². The molecule has 0 saturated carbocycles. The Morgan fingerprint density at radius 1 is 1.04 bits per heavy atom. The van der Waals surface area contributed by atoms with E-state index in [1.54, 1.807) is 6.07 Å². The molecule has 0 N–H and O–H groups in total. The molecule has 0 unspecified atom stereocenters.